The molecule has 0 aromatic heterocycles. The molecule has 1 fully saturated rings. The minimum absolute atomic E-state index is 0.00631. The number of nitrogens with two attached hydrogens (primary N) is 1. The minimum Gasteiger partial charge on any atom is -0.409 e. The second kappa shape index (κ2) is 6.06. The maximum atomic E-state index is 12.1. The summed E-state index contributed by atoms with van der Waals surface area (Å²) in [6.07, 6.45) is 4.07. The Hall–Kier alpha value is -1.56. The highest BCUT2D eigenvalue weighted by Gasteiger charge is 2.23. The number of carbonyl (C=O) groups excluding carboxylic acids is 1. The number of hydrogen-bond acceptors (Lipinski definition) is 3. The smallest absolute Gasteiger partial charge is 0.227 e. The van der Waals surface area contributed by atoms with Crippen LogP contribution in [0.1, 0.15) is 31.2 Å². The molecule has 1 aliphatic rings. The summed E-state index contributed by atoms with van der Waals surface area (Å²) < 4.78 is 0.799. The number of carbonyl (C=O) groups is 1. The molecular formula is C13H16BrN3O2. The molecule has 2 rings (SSSR count). The molecule has 1 saturated carbocycles. The van der Waals surface area contributed by atoms with Crippen LogP contribution in [0, 0.1) is 5.92 Å². The Labute approximate surface area is 120 Å². The van der Waals surface area contributed by atoms with Gasteiger partial charge in [-0.15, -0.1) is 0 Å². The third-order valence-electron chi connectivity index (χ3n) is 3.35. The van der Waals surface area contributed by atoms with E-state index in [2.05, 4.69) is 26.4 Å². The normalized spacial score (nSPS) is 16.6. The number of oxime groups is 1. The van der Waals surface area contributed by atoms with E-state index in [-0.39, 0.29) is 17.7 Å². The lowest BCUT2D eigenvalue weighted by Gasteiger charge is -2.13. The van der Waals surface area contributed by atoms with E-state index in [4.69, 9.17) is 10.9 Å². The molecule has 19 heavy (non-hydrogen) atoms. The van der Waals surface area contributed by atoms with Crippen LogP contribution < -0.4 is 11.1 Å². The molecule has 102 valence electrons. The molecular weight excluding hydrogens is 310 g/mol. The number of nitrogens with zero attached hydrogens (tertiary/aromatic N) is 1. The Morgan fingerprint density at radius 3 is 2.74 bits per heavy atom. The summed E-state index contributed by atoms with van der Waals surface area (Å²) in [5.41, 5.74) is 6.69. The number of amides is 1. The summed E-state index contributed by atoms with van der Waals surface area (Å²) in [7, 11) is 0. The molecule has 0 aliphatic heterocycles. The number of nitrogens with one attached hydrogen (secondary N) is 1. The largest absolute Gasteiger partial charge is 0.409 e. The molecule has 5 nitrogen and oxygen atoms in total. The SMILES string of the molecule is N/C(=N/O)c1cc(Br)ccc1NC(=O)C1CCCC1. The Kier molecular flexibility index (Phi) is 4.42. The van der Waals surface area contributed by atoms with Crippen LogP contribution in [-0.2, 0) is 4.79 Å². The summed E-state index contributed by atoms with van der Waals surface area (Å²) in [4.78, 5) is 12.1. The van der Waals surface area contributed by atoms with E-state index in [1.807, 2.05) is 0 Å². The summed E-state index contributed by atoms with van der Waals surface area (Å²) >= 11 is 3.32. The molecule has 0 radical (unpaired) electrons. The van der Waals surface area contributed by atoms with Gasteiger partial charge in [0.25, 0.3) is 0 Å². The first-order valence-corrected chi connectivity index (χ1v) is 6.99. The number of anilines is 1. The van der Waals surface area contributed by atoms with E-state index in [0.29, 0.717) is 11.3 Å². The minimum atomic E-state index is -0.0250. The van der Waals surface area contributed by atoms with Crippen LogP contribution in [0.3, 0.4) is 0 Å². The molecule has 0 atom stereocenters. The van der Waals surface area contributed by atoms with Gasteiger partial charge >= 0.3 is 0 Å². The first-order valence-electron chi connectivity index (χ1n) is 6.20. The van der Waals surface area contributed by atoms with E-state index in [0.717, 1.165) is 30.2 Å². The van der Waals surface area contributed by atoms with Crippen LogP contribution in [0.2, 0.25) is 0 Å². The molecule has 1 aromatic carbocycles. The predicted molar refractivity (Wildman–Crippen MR) is 77.2 cm³/mol. The first-order chi connectivity index (χ1) is 9.11. The predicted octanol–water partition coefficient (Wildman–Crippen LogP) is 2.67. The Morgan fingerprint density at radius 1 is 1.42 bits per heavy atom. The van der Waals surface area contributed by atoms with E-state index in [1.54, 1.807) is 18.2 Å². The van der Waals surface area contributed by atoms with Gasteiger partial charge in [0.1, 0.15) is 0 Å². The van der Waals surface area contributed by atoms with Gasteiger partial charge in [-0.05, 0) is 31.0 Å². The zero-order valence-electron chi connectivity index (χ0n) is 10.4. The van der Waals surface area contributed by atoms with Gasteiger partial charge in [0.15, 0.2) is 5.84 Å². The quantitative estimate of drug-likeness (QED) is 0.345. The van der Waals surface area contributed by atoms with Crippen LogP contribution in [0.4, 0.5) is 5.69 Å². The van der Waals surface area contributed by atoms with Crippen molar-refractivity contribution in [3.63, 3.8) is 0 Å². The highest BCUT2D eigenvalue weighted by Crippen LogP contribution is 2.27. The number of halogens is 1. The van der Waals surface area contributed by atoms with Gasteiger partial charge in [-0.25, -0.2) is 0 Å². The van der Waals surface area contributed by atoms with E-state index in [1.165, 1.54) is 0 Å². The lowest BCUT2D eigenvalue weighted by Crippen LogP contribution is -2.23. The van der Waals surface area contributed by atoms with Gasteiger partial charge in [0.05, 0.1) is 5.69 Å². The average molecular weight is 326 g/mol. The van der Waals surface area contributed by atoms with Crippen molar-refractivity contribution in [3.8, 4) is 0 Å². The molecule has 1 aliphatic carbocycles. The van der Waals surface area contributed by atoms with Crippen molar-refractivity contribution in [2.24, 2.45) is 16.8 Å². The van der Waals surface area contributed by atoms with Gasteiger partial charge in [0, 0.05) is 16.0 Å². The maximum absolute atomic E-state index is 12.1. The average Bonchev–Trinajstić information content (AvgIpc) is 2.94. The van der Waals surface area contributed by atoms with E-state index >= 15 is 0 Å². The highest BCUT2D eigenvalue weighted by atomic mass is 79.9. The molecule has 0 bridgehead atoms. The third-order valence-corrected chi connectivity index (χ3v) is 3.84. The lowest BCUT2D eigenvalue weighted by atomic mass is 10.1. The molecule has 0 spiro atoms. The lowest BCUT2D eigenvalue weighted by molar-refractivity contribution is -0.119. The van der Waals surface area contributed by atoms with Crippen LogP contribution in [0.5, 0.6) is 0 Å². The molecule has 0 saturated heterocycles. The fraction of sp³-hybridized carbons (Fsp3) is 0.385. The number of rotatable bonds is 3. The van der Waals surface area contributed by atoms with Crippen molar-refractivity contribution >= 4 is 33.4 Å². The van der Waals surface area contributed by atoms with Crippen molar-refractivity contribution in [1.29, 1.82) is 0 Å². The topological polar surface area (TPSA) is 87.7 Å². The summed E-state index contributed by atoms with van der Waals surface area (Å²) in [6, 6.07) is 5.25. The summed E-state index contributed by atoms with van der Waals surface area (Å²) in [5.74, 6) is 0.0543. The first kappa shape index (κ1) is 13.9. The fourth-order valence-electron chi connectivity index (χ4n) is 2.31. The van der Waals surface area contributed by atoms with Crippen molar-refractivity contribution in [1.82, 2.24) is 0 Å². The van der Waals surface area contributed by atoms with Gasteiger partial charge in [-0.2, -0.15) is 0 Å². The van der Waals surface area contributed by atoms with Gasteiger partial charge < -0.3 is 16.3 Å². The molecule has 6 heteroatoms. The molecule has 0 unspecified atom stereocenters. The number of benzene rings is 1. The standard InChI is InChI=1S/C13H16BrN3O2/c14-9-5-6-11(10(7-9)12(15)17-19)16-13(18)8-3-1-2-4-8/h5-8,19H,1-4H2,(H2,15,17)(H,16,18). The van der Waals surface area contributed by atoms with E-state index < -0.39 is 0 Å². The Balaban J connectivity index is 2.21. The summed E-state index contributed by atoms with van der Waals surface area (Å²) in [6.45, 7) is 0. The van der Waals surface area contributed by atoms with Crippen LogP contribution in [0.15, 0.2) is 27.8 Å². The molecule has 4 N–H and O–H groups in total. The molecule has 0 heterocycles. The second-order valence-corrected chi connectivity index (χ2v) is 5.56. The monoisotopic (exact) mass is 325 g/mol. The summed E-state index contributed by atoms with van der Waals surface area (Å²) in [5, 5.41) is 14.6. The third kappa shape index (κ3) is 3.26. The fourth-order valence-corrected chi connectivity index (χ4v) is 2.68. The highest BCUT2D eigenvalue weighted by molar-refractivity contribution is 9.10. The van der Waals surface area contributed by atoms with Gasteiger partial charge in [-0.1, -0.05) is 33.9 Å². The van der Waals surface area contributed by atoms with Gasteiger partial charge in [0.2, 0.25) is 5.91 Å². The number of amidine groups is 1. The molecule has 1 amide bonds. The Bertz CT molecular complexity index is 511. The van der Waals surface area contributed by atoms with Crippen LogP contribution >= 0.6 is 15.9 Å². The van der Waals surface area contributed by atoms with Crippen LogP contribution in [0.25, 0.3) is 0 Å². The number of hydrogen-bond donors (Lipinski definition) is 3. The van der Waals surface area contributed by atoms with Crippen molar-refractivity contribution in [3.05, 3.63) is 28.2 Å². The molecule has 1 aromatic rings. The zero-order chi connectivity index (χ0) is 13.8. The van der Waals surface area contributed by atoms with Crippen molar-refractivity contribution < 1.29 is 10.0 Å². The second-order valence-electron chi connectivity index (χ2n) is 4.65. The van der Waals surface area contributed by atoms with Crippen molar-refractivity contribution in [2.45, 2.75) is 25.7 Å². The Morgan fingerprint density at radius 2 is 2.11 bits per heavy atom. The zero-order valence-corrected chi connectivity index (χ0v) is 12.0. The van der Waals surface area contributed by atoms with Crippen LogP contribution in [-0.4, -0.2) is 17.0 Å². The van der Waals surface area contributed by atoms with Crippen molar-refractivity contribution in [2.75, 3.05) is 5.32 Å². The maximum Gasteiger partial charge on any atom is 0.227 e. The van der Waals surface area contributed by atoms with E-state index in [9.17, 15) is 4.79 Å². The van der Waals surface area contributed by atoms with Gasteiger partial charge in [-0.3, -0.25) is 4.79 Å².